The minimum Gasteiger partial charge on any atom is -0.384 e. The Kier molecular flexibility index (Phi) is 3.36. The second-order valence-electron chi connectivity index (χ2n) is 2.97. The summed E-state index contributed by atoms with van der Waals surface area (Å²) < 4.78 is 1.16. The third-order valence-electron chi connectivity index (χ3n) is 1.46. The maximum atomic E-state index is 8.69. The topological polar surface area (TPSA) is 83.2 Å². The van der Waals surface area contributed by atoms with E-state index in [0.29, 0.717) is 5.82 Å². The zero-order chi connectivity index (χ0) is 11.4. The fourth-order valence-electron chi connectivity index (χ4n) is 0.829. The molecule has 0 amide bonds. The summed E-state index contributed by atoms with van der Waals surface area (Å²) in [6, 6.07) is 1.49. The second-order valence-corrected chi connectivity index (χ2v) is 3.33. The molecule has 0 saturated carbocycles. The van der Waals surface area contributed by atoms with E-state index in [1.165, 1.54) is 6.07 Å². The Bertz CT molecular complexity index is 481. The van der Waals surface area contributed by atoms with Crippen LogP contribution >= 0.6 is 12.2 Å². The standard InChI is InChI=1S/C8H10N6S/c1-13(2)5-11-7-3-6(10)14(4-9)8(15)12-7/h3,5H,10H2,1-2H3. The molecule has 15 heavy (non-hydrogen) atoms. The smallest absolute Gasteiger partial charge is 0.216 e. The summed E-state index contributed by atoms with van der Waals surface area (Å²) in [7, 11) is 3.67. The SMILES string of the molecule is CN(C)C=Nc1cc(N)n(C#N)c(=S)n1. The number of hydrogen-bond acceptors (Lipinski definition) is 5. The van der Waals surface area contributed by atoms with Crippen molar-refractivity contribution in [2.24, 2.45) is 4.99 Å². The lowest BCUT2D eigenvalue weighted by Gasteiger charge is -2.03. The lowest BCUT2D eigenvalue weighted by atomic mass is 10.5. The molecule has 1 rings (SSSR count). The molecule has 1 heterocycles. The van der Waals surface area contributed by atoms with Gasteiger partial charge < -0.3 is 10.6 Å². The van der Waals surface area contributed by atoms with Crippen LogP contribution in [0.25, 0.3) is 0 Å². The van der Waals surface area contributed by atoms with Crippen LogP contribution in [0.15, 0.2) is 11.1 Å². The lowest BCUT2D eigenvalue weighted by molar-refractivity contribution is 0.643. The van der Waals surface area contributed by atoms with Gasteiger partial charge in [-0.05, 0) is 12.2 Å². The van der Waals surface area contributed by atoms with Gasteiger partial charge in [-0.25, -0.2) is 9.56 Å². The van der Waals surface area contributed by atoms with Gasteiger partial charge in [-0.2, -0.15) is 10.2 Å². The first-order chi connectivity index (χ1) is 7.04. The van der Waals surface area contributed by atoms with Crippen LogP contribution in [0.2, 0.25) is 0 Å². The average Bonchev–Trinajstić information content (AvgIpc) is 2.14. The number of rotatable bonds is 2. The minimum absolute atomic E-state index is 0.100. The van der Waals surface area contributed by atoms with E-state index in [-0.39, 0.29) is 10.6 Å². The van der Waals surface area contributed by atoms with Crippen molar-refractivity contribution in [3.63, 3.8) is 0 Å². The molecule has 0 aliphatic carbocycles. The van der Waals surface area contributed by atoms with Gasteiger partial charge in [0.25, 0.3) is 0 Å². The van der Waals surface area contributed by atoms with Gasteiger partial charge in [-0.15, -0.1) is 0 Å². The Balaban J connectivity index is 3.17. The molecule has 0 aromatic carbocycles. The number of aliphatic imine (C=N–C) groups is 1. The maximum Gasteiger partial charge on any atom is 0.216 e. The molecule has 1 aromatic rings. The van der Waals surface area contributed by atoms with Gasteiger partial charge in [-0.1, -0.05) is 0 Å². The Morgan fingerprint density at radius 3 is 2.87 bits per heavy atom. The van der Waals surface area contributed by atoms with Crippen LogP contribution in [0.4, 0.5) is 11.6 Å². The second kappa shape index (κ2) is 4.52. The van der Waals surface area contributed by atoms with Gasteiger partial charge >= 0.3 is 0 Å². The number of nitriles is 1. The van der Waals surface area contributed by atoms with E-state index in [2.05, 4.69) is 9.98 Å². The molecule has 0 radical (unpaired) electrons. The van der Waals surface area contributed by atoms with Crippen molar-refractivity contribution in [2.45, 2.75) is 0 Å². The van der Waals surface area contributed by atoms with Gasteiger partial charge in [0.2, 0.25) is 4.77 Å². The summed E-state index contributed by atoms with van der Waals surface area (Å²) in [6.45, 7) is 0. The van der Waals surface area contributed by atoms with Gasteiger partial charge in [0.05, 0.1) is 6.34 Å². The van der Waals surface area contributed by atoms with Crippen LogP contribution in [0, 0.1) is 16.2 Å². The molecule has 0 bridgehead atoms. The number of aromatic nitrogens is 2. The highest BCUT2D eigenvalue weighted by Gasteiger charge is 2.00. The Morgan fingerprint density at radius 2 is 2.40 bits per heavy atom. The van der Waals surface area contributed by atoms with E-state index in [1.807, 2.05) is 20.3 Å². The largest absolute Gasteiger partial charge is 0.384 e. The molecule has 0 aliphatic rings. The molecule has 0 atom stereocenters. The lowest BCUT2D eigenvalue weighted by Crippen LogP contribution is -2.08. The summed E-state index contributed by atoms with van der Waals surface area (Å²) in [5.41, 5.74) is 5.59. The van der Waals surface area contributed by atoms with Crippen molar-refractivity contribution in [2.75, 3.05) is 19.8 Å². The number of nitrogens with two attached hydrogens (primary N) is 1. The van der Waals surface area contributed by atoms with Crippen LogP contribution in [0.5, 0.6) is 0 Å². The van der Waals surface area contributed by atoms with Crippen LogP contribution in [0.3, 0.4) is 0 Å². The number of anilines is 1. The first-order valence-corrected chi connectivity index (χ1v) is 4.45. The van der Waals surface area contributed by atoms with Crippen LogP contribution in [0.1, 0.15) is 0 Å². The van der Waals surface area contributed by atoms with E-state index in [1.54, 1.807) is 11.2 Å². The zero-order valence-corrected chi connectivity index (χ0v) is 9.19. The number of hydrogen-bond donors (Lipinski definition) is 1. The summed E-state index contributed by atoms with van der Waals surface area (Å²) in [5, 5.41) is 8.69. The van der Waals surface area contributed by atoms with E-state index in [0.717, 1.165) is 4.57 Å². The van der Waals surface area contributed by atoms with E-state index in [4.69, 9.17) is 23.2 Å². The average molecular weight is 222 g/mol. The molecule has 0 unspecified atom stereocenters. The van der Waals surface area contributed by atoms with Gasteiger partial charge in [0, 0.05) is 20.2 Å². The molecule has 0 aliphatic heterocycles. The molecular weight excluding hydrogens is 212 g/mol. The quantitative estimate of drug-likeness (QED) is 0.453. The number of nitrogens with zero attached hydrogens (tertiary/aromatic N) is 5. The molecule has 78 valence electrons. The minimum atomic E-state index is 0.100. The predicted octanol–water partition coefficient (Wildman–Crippen LogP) is 0.745. The zero-order valence-electron chi connectivity index (χ0n) is 8.38. The van der Waals surface area contributed by atoms with Crippen LogP contribution < -0.4 is 5.73 Å². The predicted molar refractivity (Wildman–Crippen MR) is 60.3 cm³/mol. The fraction of sp³-hybridized carbons (Fsp3) is 0.250. The summed E-state index contributed by atoms with van der Waals surface area (Å²) >= 11 is 4.87. The van der Waals surface area contributed by atoms with Crippen LogP contribution in [-0.4, -0.2) is 34.9 Å². The summed E-state index contributed by atoms with van der Waals surface area (Å²) in [4.78, 5) is 9.71. The van der Waals surface area contributed by atoms with Crippen molar-refractivity contribution in [1.82, 2.24) is 14.5 Å². The van der Waals surface area contributed by atoms with Gasteiger partial charge in [-0.3, -0.25) is 0 Å². The molecule has 0 saturated heterocycles. The highest BCUT2D eigenvalue weighted by Crippen LogP contribution is 2.12. The highest BCUT2D eigenvalue weighted by atomic mass is 32.1. The van der Waals surface area contributed by atoms with Crippen molar-refractivity contribution >= 4 is 30.2 Å². The van der Waals surface area contributed by atoms with Crippen molar-refractivity contribution < 1.29 is 0 Å². The van der Waals surface area contributed by atoms with E-state index in [9.17, 15) is 0 Å². The normalized spacial score (nSPS) is 10.2. The Morgan fingerprint density at radius 1 is 1.73 bits per heavy atom. The first kappa shape index (κ1) is 11.1. The summed E-state index contributed by atoms with van der Waals surface area (Å²) in [5.74, 6) is 0.612. The molecule has 2 N–H and O–H groups in total. The van der Waals surface area contributed by atoms with Gasteiger partial charge in [0.1, 0.15) is 5.82 Å². The van der Waals surface area contributed by atoms with Gasteiger partial charge in [0.15, 0.2) is 12.0 Å². The first-order valence-electron chi connectivity index (χ1n) is 4.05. The summed E-state index contributed by atoms with van der Waals surface area (Å²) in [6.07, 6.45) is 3.39. The Hall–Kier alpha value is -1.94. The molecule has 6 nitrogen and oxygen atoms in total. The highest BCUT2D eigenvalue weighted by molar-refractivity contribution is 7.71. The molecule has 0 spiro atoms. The molecule has 0 fully saturated rings. The fourth-order valence-corrected chi connectivity index (χ4v) is 1.07. The van der Waals surface area contributed by atoms with Crippen molar-refractivity contribution in [1.29, 1.82) is 5.26 Å². The monoisotopic (exact) mass is 222 g/mol. The Labute approximate surface area is 92.3 Å². The van der Waals surface area contributed by atoms with E-state index < -0.39 is 0 Å². The number of nitrogen functional groups attached to an aromatic ring is 1. The molecular formula is C8H10N6S. The maximum absolute atomic E-state index is 8.69. The van der Waals surface area contributed by atoms with Crippen LogP contribution in [-0.2, 0) is 0 Å². The third-order valence-corrected chi connectivity index (χ3v) is 1.73. The van der Waals surface area contributed by atoms with Crippen molar-refractivity contribution in [3.8, 4) is 6.19 Å². The third kappa shape index (κ3) is 2.75. The molecule has 7 heteroatoms. The molecule has 1 aromatic heterocycles. The van der Waals surface area contributed by atoms with Crippen molar-refractivity contribution in [3.05, 3.63) is 10.8 Å². The van der Waals surface area contributed by atoms with E-state index >= 15 is 0 Å².